The molecule has 2 aromatic heterocycles. The number of hydrogen-bond acceptors (Lipinski definition) is 4. The molecule has 3 rings (SSSR count). The Balaban J connectivity index is 1.94. The average Bonchev–Trinajstić information content (AvgIpc) is 3.15. The number of halogens is 1. The van der Waals surface area contributed by atoms with Crippen molar-refractivity contribution in [2.24, 2.45) is 5.92 Å². The Hall–Kier alpha value is -2.38. The van der Waals surface area contributed by atoms with E-state index < -0.39 is 11.9 Å². The van der Waals surface area contributed by atoms with Crippen molar-refractivity contribution in [2.75, 3.05) is 13.6 Å². The second-order valence-electron chi connectivity index (χ2n) is 6.23. The number of fused-ring (bicyclic) bond motifs is 1. The molecule has 0 saturated heterocycles. The molecule has 26 heavy (non-hydrogen) atoms. The number of rotatable bonds is 5. The summed E-state index contributed by atoms with van der Waals surface area (Å²) in [5.41, 5.74) is 1.69. The van der Waals surface area contributed by atoms with Gasteiger partial charge in [-0.25, -0.2) is 4.68 Å². The van der Waals surface area contributed by atoms with Gasteiger partial charge in [-0.15, -0.1) is 11.3 Å². The van der Waals surface area contributed by atoms with E-state index >= 15 is 0 Å². The third kappa shape index (κ3) is 3.45. The number of carboxylic acids is 1. The first-order valence-electron chi connectivity index (χ1n) is 8.01. The molecule has 0 aliphatic heterocycles. The Bertz CT molecular complexity index is 978. The van der Waals surface area contributed by atoms with E-state index in [4.69, 9.17) is 16.7 Å². The molecule has 0 radical (unpaired) electrons. The van der Waals surface area contributed by atoms with Gasteiger partial charge in [0.2, 0.25) is 0 Å². The minimum atomic E-state index is -0.921. The lowest BCUT2D eigenvalue weighted by Crippen LogP contribution is -2.33. The van der Waals surface area contributed by atoms with Crippen molar-refractivity contribution in [3.05, 3.63) is 45.9 Å². The van der Waals surface area contributed by atoms with Crippen molar-refractivity contribution >= 4 is 45.0 Å². The zero-order chi connectivity index (χ0) is 19.0. The van der Waals surface area contributed by atoms with E-state index in [9.17, 15) is 9.59 Å². The van der Waals surface area contributed by atoms with Crippen LogP contribution < -0.4 is 0 Å². The van der Waals surface area contributed by atoms with E-state index in [0.29, 0.717) is 9.90 Å². The van der Waals surface area contributed by atoms with Gasteiger partial charge in [-0.2, -0.15) is 5.10 Å². The molecular weight excluding hydrogens is 374 g/mol. The molecule has 8 heteroatoms. The van der Waals surface area contributed by atoms with Crippen molar-refractivity contribution in [2.45, 2.75) is 13.8 Å². The number of benzene rings is 1. The lowest BCUT2D eigenvalue weighted by atomic mass is 10.2. The lowest BCUT2D eigenvalue weighted by molar-refractivity contribution is -0.141. The molecule has 3 aromatic rings. The fourth-order valence-electron chi connectivity index (χ4n) is 2.67. The van der Waals surface area contributed by atoms with E-state index in [1.165, 1.54) is 16.2 Å². The molecule has 6 nitrogen and oxygen atoms in total. The minimum Gasteiger partial charge on any atom is -0.481 e. The summed E-state index contributed by atoms with van der Waals surface area (Å²) in [6, 6.07) is 9.14. The van der Waals surface area contributed by atoms with Gasteiger partial charge in [0.05, 0.1) is 22.2 Å². The van der Waals surface area contributed by atoms with Crippen LogP contribution in [0.2, 0.25) is 5.02 Å². The van der Waals surface area contributed by atoms with Crippen molar-refractivity contribution in [3.63, 3.8) is 0 Å². The van der Waals surface area contributed by atoms with Crippen LogP contribution in [0.25, 0.3) is 15.9 Å². The molecule has 2 heterocycles. The first-order chi connectivity index (χ1) is 12.3. The fraction of sp³-hybridized carbons (Fsp3) is 0.278. The van der Waals surface area contributed by atoms with Gasteiger partial charge in [0.25, 0.3) is 5.91 Å². The van der Waals surface area contributed by atoms with E-state index in [0.717, 1.165) is 21.6 Å². The highest BCUT2D eigenvalue weighted by Gasteiger charge is 2.22. The van der Waals surface area contributed by atoms with Crippen LogP contribution in [0.15, 0.2) is 30.3 Å². The lowest BCUT2D eigenvalue weighted by Gasteiger charge is -2.18. The van der Waals surface area contributed by atoms with Crippen LogP contribution in [0.1, 0.15) is 22.3 Å². The number of thiophene rings is 1. The molecule has 0 saturated carbocycles. The number of aromatic nitrogens is 2. The molecule has 0 fully saturated rings. The Labute approximate surface area is 159 Å². The third-order valence-corrected chi connectivity index (χ3v) is 5.49. The number of carbonyl (C=O) groups is 2. The van der Waals surface area contributed by atoms with Gasteiger partial charge in [-0.1, -0.05) is 18.5 Å². The van der Waals surface area contributed by atoms with Crippen molar-refractivity contribution < 1.29 is 14.7 Å². The molecule has 0 spiro atoms. The largest absolute Gasteiger partial charge is 0.481 e. The molecule has 1 amide bonds. The van der Waals surface area contributed by atoms with Crippen LogP contribution in [-0.2, 0) is 4.79 Å². The van der Waals surface area contributed by atoms with Crippen LogP contribution in [-0.4, -0.2) is 45.3 Å². The van der Waals surface area contributed by atoms with E-state index in [2.05, 4.69) is 5.10 Å². The average molecular weight is 392 g/mol. The monoisotopic (exact) mass is 391 g/mol. The van der Waals surface area contributed by atoms with Crippen molar-refractivity contribution in [3.8, 4) is 5.69 Å². The molecule has 1 unspecified atom stereocenters. The molecule has 136 valence electrons. The highest BCUT2D eigenvalue weighted by atomic mass is 35.5. The van der Waals surface area contributed by atoms with Crippen LogP contribution in [0.5, 0.6) is 0 Å². The summed E-state index contributed by atoms with van der Waals surface area (Å²) in [4.78, 5) is 26.5. The number of carbonyl (C=O) groups excluding carboxylic acids is 1. The summed E-state index contributed by atoms with van der Waals surface area (Å²) in [5, 5.41) is 15.1. The normalized spacial score (nSPS) is 12.3. The van der Waals surface area contributed by atoms with Crippen LogP contribution >= 0.6 is 22.9 Å². The number of nitrogens with zero attached hydrogens (tertiary/aromatic N) is 3. The van der Waals surface area contributed by atoms with Crippen molar-refractivity contribution in [1.29, 1.82) is 0 Å². The first kappa shape index (κ1) is 18.4. The van der Waals surface area contributed by atoms with Crippen LogP contribution in [0.4, 0.5) is 0 Å². The van der Waals surface area contributed by atoms with Gasteiger partial charge in [0.15, 0.2) is 0 Å². The second-order valence-corrected chi connectivity index (χ2v) is 7.70. The number of amides is 1. The van der Waals surface area contributed by atoms with E-state index in [-0.39, 0.29) is 12.5 Å². The maximum Gasteiger partial charge on any atom is 0.308 e. The molecule has 0 bridgehead atoms. The summed E-state index contributed by atoms with van der Waals surface area (Å²) < 4.78 is 1.79. The predicted octanol–water partition coefficient (Wildman–Crippen LogP) is 3.84. The third-order valence-electron chi connectivity index (χ3n) is 4.14. The Morgan fingerprint density at radius 2 is 2.00 bits per heavy atom. The fourth-order valence-corrected chi connectivity index (χ4v) is 3.97. The maximum absolute atomic E-state index is 12.7. The van der Waals surface area contributed by atoms with Gasteiger partial charge in [-0.05, 0) is 37.3 Å². The number of carboxylic acid groups (broad SMARTS) is 1. The zero-order valence-corrected chi connectivity index (χ0v) is 16.1. The highest BCUT2D eigenvalue weighted by Crippen LogP contribution is 2.31. The molecule has 1 aromatic carbocycles. The molecular formula is C18H18ClN3O3S. The van der Waals surface area contributed by atoms with Gasteiger partial charge in [0.1, 0.15) is 4.83 Å². The van der Waals surface area contributed by atoms with E-state index in [1.807, 2.05) is 25.1 Å². The summed E-state index contributed by atoms with van der Waals surface area (Å²) in [7, 11) is 1.62. The molecule has 1 atom stereocenters. The SMILES string of the molecule is Cc1nn(-c2ccc(Cl)cc2)c2sc(C(=O)N(C)CC(C)C(=O)O)cc12. The minimum absolute atomic E-state index is 0.157. The molecule has 1 N–H and O–H groups in total. The Kier molecular flexibility index (Phi) is 5.02. The Morgan fingerprint density at radius 1 is 1.35 bits per heavy atom. The number of hydrogen-bond donors (Lipinski definition) is 1. The van der Waals surface area contributed by atoms with Crippen LogP contribution in [0.3, 0.4) is 0 Å². The van der Waals surface area contributed by atoms with Gasteiger partial charge < -0.3 is 10.0 Å². The topological polar surface area (TPSA) is 75.4 Å². The first-order valence-corrected chi connectivity index (χ1v) is 9.20. The second kappa shape index (κ2) is 7.09. The van der Waals surface area contributed by atoms with Gasteiger partial charge in [0, 0.05) is 24.0 Å². The van der Waals surface area contributed by atoms with Crippen molar-refractivity contribution in [1.82, 2.24) is 14.7 Å². The van der Waals surface area contributed by atoms with Gasteiger partial charge >= 0.3 is 5.97 Å². The number of aryl methyl sites for hydroxylation is 1. The summed E-state index contributed by atoms with van der Waals surface area (Å²) in [5.74, 6) is -1.74. The highest BCUT2D eigenvalue weighted by molar-refractivity contribution is 7.20. The summed E-state index contributed by atoms with van der Waals surface area (Å²) >= 11 is 7.29. The quantitative estimate of drug-likeness (QED) is 0.716. The standard InChI is InChI=1S/C18H18ClN3O3S/c1-10(18(24)25)9-21(3)16(23)15-8-14-11(2)20-22(17(14)26-15)13-6-4-12(19)5-7-13/h4-8,10H,9H2,1-3H3,(H,24,25). The van der Waals surface area contributed by atoms with Gasteiger partial charge in [-0.3, -0.25) is 9.59 Å². The summed E-state index contributed by atoms with van der Waals surface area (Å²) in [6.07, 6.45) is 0. The van der Waals surface area contributed by atoms with Crippen LogP contribution in [0, 0.1) is 12.8 Å². The zero-order valence-electron chi connectivity index (χ0n) is 14.6. The predicted molar refractivity (Wildman–Crippen MR) is 102 cm³/mol. The summed E-state index contributed by atoms with van der Waals surface area (Å²) in [6.45, 7) is 3.64. The molecule has 0 aliphatic carbocycles. The Morgan fingerprint density at radius 3 is 2.62 bits per heavy atom. The number of aliphatic carboxylic acids is 1. The smallest absolute Gasteiger partial charge is 0.308 e. The molecule has 0 aliphatic rings. The van der Waals surface area contributed by atoms with E-state index in [1.54, 1.807) is 30.8 Å². The maximum atomic E-state index is 12.7.